The topological polar surface area (TPSA) is 100 Å². The molecule has 3 aromatic carbocycles. The summed E-state index contributed by atoms with van der Waals surface area (Å²) in [6.07, 6.45) is 1.42. The maximum absolute atomic E-state index is 12.5. The lowest BCUT2D eigenvalue weighted by molar-refractivity contribution is 0.0956. The highest BCUT2D eigenvalue weighted by atomic mass is 16.5. The molecule has 0 unspecified atom stereocenters. The monoisotopic (exact) mass is 389 g/mol. The van der Waals surface area contributed by atoms with Crippen LogP contribution in [0.5, 0.6) is 11.5 Å². The molecule has 0 atom stereocenters. The van der Waals surface area contributed by atoms with Crippen LogP contribution in [0.3, 0.4) is 0 Å². The molecule has 3 rings (SSSR count). The Labute approximate surface area is 167 Å². The molecule has 0 fully saturated rings. The van der Waals surface area contributed by atoms with Gasteiger partial charge in [-0.1, -0.05) is 30.3 Å². The van der Waals surface area contributed by atoms with E-state index in [-0.39, 0.29) is 17.2 Å². The third-order valence-corrected chi connectivity index (χ3v) is 4.04. The predicted molar refractivity (Wildman–Crippen MR) is 111 cm³/mol. The van der Waals surface area contributed by atoms with Gasteiger partial charge in [-0.05, 0) is 48.0 Å². The third kappa shape index (κ3) is 4.98. The number of carbonyl (C=O) groups excluding carboxylic acids is 2. The molecule has 0 aliphatic rings. The summed E-state index contributed by atoms with van der Waals surface area (Å²) >= 11 is 0. The minimum atomic E-state index is -0.476. The molecule has 0 saturated heterocycles. The minimum Gasteiger partial charge on any atom is -0.504 e. The van der Waals surface area contributed by atoms with Crippen molar-refractivity contribution in [3.63, 3.8) is 0 Å². The lowest BCUT2D eigenvalue weighted by Crippen LogP contribution is -2.21. The van der Waals surface area contributed by atoms with Crippen molar-refractivity contribution in [3.8, 4) is 11.5 Å². The Morgan fingerprint density at radius 2 is 1.69 bits per heavy atom. The number of ether oxygens (including phenoxy) is 1. The Kier molecular flexibility index (Phi) is 6.22. The van der Waals surface area contributed by atoms with Crippen molar-refractivity contribution in [3.05, 3.63) is 89.5 Å². The zero-order valence-corrected chi connectivity index (χ0v) is 15.6. The van der Waals surface area contributed by atoms with Gasteiger partial charge in [-0.3, -0.25) is 9.59 Å². The molecule has 0 aliphatic heterocycles. The van der Waals surface area contributed by atoms with Crippen LogP contribution in [-0.2, 0) is 0 Å². The fourth-order valence-electron chi connectivity index (χ4n) is 2.57. The lowest BCUT2D eigenvalue weighted by atomic mass is 10.1. The van der Waals surface area contributed by atoms with Gasteiger partial charge in [-0.15, -0.1) is 0 Å². The first-order valence-electron chi connectivity index (χ1n) is 8.74. The maximum atomic E-state index is 12.5. The number of hydrogen-bond donors (Lipinski definition) is 3. The summed E-state index contributed by atoms with van der Waals surface area (Å²) in [6.45, 7) is 0. The standard InChI is InChI=1S/C22H19N3O4/c1-29-20-13-15(11-12-19(20)26)14-23-25-22(28)17-9-5-6-10-18(17)24-21(27)16-7-3-2-4-8-16/h2-14,26H,1H3,(H,24,27)(H,25,28)/b23-14-. The molecule has 0 radical (unpaired) electrons. The predicted octanol–water partition coefficient (Wildman–Crippen LogP) is 3.42. The molecule has 0 spiro atoms. The number of anilines is 1. The number of para-hydroxylation sites is 1. The van der Waals surface area contributed by atoms with Gasteiger partial charge in [0.25, 0.3) is 11.8 Å². The van der Waals surface area contributed by atoms with Crippen LogP contribution < -0.4 is 15.5 Å². The zero-order valence-electron chi connectivity index (χ0n) is 15.6. The van der Waals surface area contributed by atoms with Crippen LogP contribution in [-0.4, -0.2) is 30.2 Å². The van der Waals surface area contributed by atoms with Crippen molar-refractivity contribution in [2.24, 2.45) is 5.10 Å². The number of methoxy groups -OCH3 is 1. The van der Waals surface area contributed by atoms with Crippen molar-refractivity contribution in [2.45, 2.75) is 0 Å². The van der Waals surface area contributed by atoms with Gasteiger partial charge in [0.15, 0.2) is 11.5 Å². The quantitative estimate of drug-likeness (QED) is 0.444. The second-order valence-electron chi connectivity index (χ2n) is 6.00. The Balaban J connectivity index is 1.71. The number of hydrogen-bond acceptors (Lipinski definition) is 5. The van der Waals surface area contributed by atoms with Gasteiger partial charge < -0.3 is 15.2 Å². The van der Waals surface area contributed by atoms with Gasteiger partial charge in [0.2, 0.25) is 0 Å². The van der Waals surface area contributed by atoms with Crippen LogP contribution in [0.1, 0.15) is 26.3 Å². The van der Waals surface area contributed by atoms with Crippen LogP contribution in [0.4, 0.5) is 5.69 Å². The highest BCUT2D eigenvalue weighted by Crippen LogP contribution is 2.25. The smallest absolute Gasteiger partial charge is 0.273 e. The van der Waals surface area contributed by atoms with E-state index in [1.807, 2.05) is 6.07 Å². The first-order valence-corrected chi connectivity index (χ1v) is 8.74. The van der Waals surface area contributed by atoms with E-state index < -0.39 is 5.91 Å². The van der Waals surface area contributed by atoms with E-state index in [0.717, 1.165) is 0 Å². The number of aromatic hydroxyl groups is 1. The van der Waals surface area contributed by atoms with Crippen molar-refractivity contribution >= 4 is 23.7 Å². The Bertz CT molecular complexity index is 1050. The molecule has 0 aliphatic carbocycles. The second-order valence-corrected chi connectivity index (χ2v) is 6.00. The van der Waals surface area contributed by atoms with Gasteiger partial charge in [0, 0.05) is 5.56 Å². The molecular formula is C22H19N3O4. The number of rotatable bonds is 6. The third-order valence-electron chi connectivity index (χ3n) is 4.04. The van der Waals surface area contributed by atoms with E-state index in [1.165, 1.54) is 19.4 Å². The van der Waals surface area contributed by atoms with E-state index >= 15 is 0 Å². The molecule has 2 amide bonds. The number of nitrogens with one attached hydrogen (secondary N) is 2. The first kappa shape index (κ1) is 19.6. The SMILES string of the molecule is COc1cc(/C=N\NC(=O)c2ccccc2NC(=O)c2ccccc2)ccc1O. The molecule has 3 N–H and O–H groups in total. The molecular weight excluding hydrogens is 370 g/mol. The van der Waals surface area contributed by atoms with E-state index in [0.29, 0.717) is 22.6 Å². The number of benzene rings is 3. The van der Waals surface area contributed by atoms with Crippen LogP contribution in [0.25, 0.3) is 0 Å². The Morgan fingerprint density at radius 3 is 2.45 bits per heavy atom. The van der Waals surface area contributed by atoms with E-state index in [9.17, 15) is 14.7 Å². The Hall–Kier alpha value is -4.13. The number of carbonyl (C=O) groups is 2. The summed E-state index contributed by atoms with van der Waals surface area (Å²) in [5.41, 5.74) is 4.20. The lowest BCUT2D eigenvalue weighted by Gasteiger charge is -2.10. The molecule has 29 heavy (non-hydrogen) atoms. The molecule has 0 aromatic heterocycles. The summed E-state index contributed by atoms with van der Waals surface area (Å²) < 4.78 is 5.03. The largest absolute Gasteiger partial charge is 0.504 e. The number of phenolic OH excluding ortho intramolecular Hbond substituents is 1. The van der Waals surface area contributed by atoms with Crippen LogP contribution in [0, 0.1) is 0 Å². The van der Waals surface area contributed by atoms with Gasteiger partial charge in [-0.25, -0.2) is 5.43 Å². The first-order chi connectivity index (χ1) is 14.1. The second kappa shape index (κ2) is 9.18. The normalized spacial score (nSPS) is 10.5. The molecule has 146 valence electrons. The maximum Gasteiger partial charge on any atom is 0.273 e. The highest BCUT2D eigenvalue weighted by Gasteiger charge is 2.13. The average molecular weight is 389 g/mol. The van der Waals surface area contributed by atoms with E-state index in [2.05, 4.69) is 15.8 Å². The van der Waals surface area contributed by atoms with E-state index in [1.54, 1.807) is 60.7 Å². The summed E-state index contributed by atoms with van der Waals surface area (Å²) in [4.78, 5) is 24.9. The molecule has 0 heterocycles. The van der Waals surface area contributed by atoms with Gasteiger partial charge in [0.05, 0.1) is 24.6 Å². The van der Waals surface area contributed by atoms with Gasteiger partial charge in [0.1, 0.15) is 0 Å². The van der Waals surface area contributed by atoms with Crippen molar-refractivity contribution in [1.82, 2.24) is 5.43 Å². The average Bonchev–Trinajstić information content (AvgIpc) is 2.75. The van der Waals surface area contributed by atoms with E-state index in [4.69, 9.17) is 4.74 Å². The zero-order chi connectivity index (χ0) is 20.6. The number of hydrazone groups is 1. The summed E-state index contributed by atoms with van der Waals surface area (Å²) in [5, 5.41) is 16.3. The summed E-state index contributed by atoms with van der Waals surface area (Å²) in [7, 11) is 1.44. The fourth-order valence-corrected chi connectivity index (χ4v) is 2.57. The Morgan fingerprint density at radius 1 is 0.966 bits per heavy atom. The van der Waals surface area contributed by atoms with Crippen LogP contribution in [0.15, 0.2) is 77.9 Å². The molecule has 0 bridgehead atoms. The number of amides is 2. The highest BCUT2D eigenvalue weighted by molar-refractivity contribution is 6.09. The molecule has 7 nitrogen and oxygen atoms in total. The molecule has 7 heteroatoms. The fraction of sp³-hybridized carbons (Fsp3) is 0.0455. The summed E-state index contributed by atoms with van der Waals surface area (Å²) in [6, 6.07) is 20.1. The van der Waals surface area contributed by atoms with Crippen molar-refractivity contribution in [1.29, 1.82) is 0 Å². The minimum absolute atomic E-state index is 0.0109. The van der Waals surface area contributed by atoms with Gasteiger partial charge in [-0.2, -0.15) is 5.10 Å². The number of nitrogens with zero attached hydrogens (tertiary/aromatic N) is 1. The van der Waals surface area contributed by atoms with Crippen LogP contribution >= 0.6 is 0 Å². The molecule has 0 saturated carbocycles. The van der Waals surface area contributed by atoms with Crippen LogP contribution in [0.2, 0.25) is 0 Å². The van der Waals surface area contributed by atoms with Crippen molar-refractivity contribution in [2.75, 3.05) is 12.4 Å². The van der Waals surface area contributed by atoms with Gasteiger partial charge >= 0.3 is 0 Å². The summed E-state index contributed by atoms with van der Waals surface area (Å²) in [5.74, 6) is -0.479. The number of phenols is 1. The molecule has 3 aromatic rings. The van der Waals surface area contributed by atoms with Crippen molar-refractivity contribution < 1.29 is 19.4 Å².